The Bertz CT molecular complexity index is 3760. The standard InChI is InChI=1S/C66H50N2/c1-65(2)58-31-13-9-26-52(58)56-40-45(35-38-59(56)65)50-29-18-34-63(64(50)46-22-16-21-44(39-46)43-19-6-5-7-20-43)67(49-36-37-53-51-25-8-12-30-57(51)66(3,4)60(53)42-49)47-23-17-24-48(41-47)68-61-32-14-10-27-54(61)55-28-11-15-33-62(55)68/h5-42H,1-4H3. The van der Waals surface area contributed by atoms with Crippen LogP contribution in [0.1, 0.15) is 49.9 Å². The lowest BCUT2D eigenvalue weighted by molar-refractivity contribution is 0.660. The summed E-state index contributed by atoms with van der Waals surface area (Å²) in [5, 5.41) is 2.50. The molecule has 2 heteroatoms. The van der Waals surface area contributed by atoms with Gasteiger partial charge in [-0.05, 0) is 133 Å². The van der Waals surface area contributed by atoms with Crippen LogP contribution in [-0.2, 0) is 10.8 Å². The van der Waals surface area contributed by atoms with Crippen molar-refractivity contribution < 1.29 is 0 Å². The number of fused-ring (bicyclic) bond motifs is 9. The number of rotatable bonds is 7. The lowest BCUT2D eigenvalue weighted by atomic mass is 9.82. The van der Waals surface area contributed by atoms with Crippen molar-refractivity contribution in [1.29, 1.82) is 0 Å². The van der Waals surface area contributed by atoms with Gasteiger partial charge in [-0.25, -0.2) is 0 Å². The Kier molecular flexibility index (Phi) is 8.95. The van der Waals surface area contributed by atoms with Crippen LogP contribution in [0.2, 0.25) is 0 Å². The maximum atomic E-state index is 2.52. The number of aromatic nitrogens is 1. The van der Waals surface area contributed by atoms with Gasteiger partial charge in [-0.2, -0.15) is 0 Å². The number of nitrogens with zero attached hydrogens (tertiary/aromatic N) is 2. The molecular formula is C66H50N2. The fourth-order valence-corrected chi connectivity index (χ4v) is 11.9. The van der Waals surface area contributed by atoms with E-state index in [9.17, 15) is 0 Å². The molecule has 1 heterocycles. The summed E-state index contributed by atoms with van der Waals surface area (Å²) in [6.45, 7) is 9.48. The van der Waals surface area contributed by atoms with Crippen molar-refractivity contribution in [2.45, 2.75) is 38.5 Å². The van der Waals surface area contributed by atoms with E-state index in [0.717, 1.165) is 28.3 Å². The van der Waals surface area contributed by atoms with Crippen molar-refractivity contribution in [3.8, 4) is 61.3 Å². The predicted octanol–water partition coefficient (Wildman–Crippen LogP) is 17.9. The molecule has 10 aromatic carbocycles. The van der Waals surface area contributed by atoms with E-state index in [0.29, 0.717) is 0 Å². The SMILES string of the molecule is CC1(C)c2ccccc2-c2cc(-c3cccc(N(c4cccc(-n5c6ccccc6c6ccccc65)c4)c4ccc5c(c4)C(C)(C)c4ccccc4-5)c3-c3cccc(-c4ccccc4)c3)ccc21. The van der Waals surface area contributed by atoms with E-state index >= 15 is 0 Å². The lowest BCUT2D eigenvalue weighted by Gasteiger charge is -2.31. The fourth-order valence-electron chi connectivity index (χ4n) is 11.9. The smallest absolute Gasteiger partial charge is 0.0546 e. The molecular weight excluding hydrogens is 821 g/mol. The van der Waals surface area contributed by atoms with Crippen LogP contribution in [0, 0.1) is 0 Å². The first-order valence-corrected chi connectivity index (χ1v) is 23.9. The molecule has 0 N–H and O–H groups in total. The Hall–Kier alpha value is -8.20. The molecule has 0 saturated heterocycles. The van der Waals surface area contributed by atoms with Crippen LogP contribution in [0.15, 0.2) is 231 Å². The van der Waals surface area contributed by atoms with E-state index in [2.05, 4.69) is 268 Å². The second kappa shape index (κ2) is 15.2. The Morgan fingerprint density at radius 3 is 1.62 bits per heavy atom. The normalized spacial score (nSPS) is 13.8. The van der Waals surface area contributed by atoms with Gasteiger partial charge in [0.25, 0.3) is 0 Å². The number of para-hydroxylation sites is 2. The minimum absolute atomic E-state index is 0.0850. The van der Waals surface area contributed by atoms with Crippen LogP contribution >= 0.6 is 0 Å². The molecule has 0 aliphatic heterocycles. The second-order valence-electron chi connectivity index (χ2n) is 19.7. The van der Waals surface area contributed by atoms with Crippen molar-refractivity contribution in [2.75, 3.05) is 4.90 Å². The van der Waals surface area contributed by atoms with Crippen molar-refractivity contribution in [3.63, 3.8) is 0 Å². The summed E-state index contributed by atoms with van der Waals surface area (Å²) >= 11 is 0. The van der Waals surface area contributed by atoms with Gasteiger partial charge in [0.05, 0.1) is 16.7 Å². The minimum atomic E-state index is -0.179. The molecule has 13 rings (SSSR count). The zero-order valence-corrected chi connectivity index (χ0v) is 38.8. The van der Waals surface area contributed by atoms with Gasteiger partial charge in [-0.15, -0.1) is 0 Å². The maximum absolute atomic E-state index is 2.52. The molecule has 68 heavy (non-hydrogen) atoms. The van der Waals surface area contributed by atoms with Crippen LogP contribution in [-0.4, -0.2) is 4.57 Å². The summed E-state index contributed by atoms with van der Waals surface area (Å²) in [7, 11) is 0. The summed E-state index contributed by atoms with van der Waals surface area (Å²) in [5.41, 5.74) is 24.4. The number of hydrogen-bond acceptors (Lipinski definition) is 1. The third-order valence-corrected chi connectivity index (χ3v) is 15.2. The highest BCUT2D eigenvalue weighted by molar-refractivity contribution is 6.09. The van der Waals surface area contributed by atoms with Gasteiger partial charge >= 0.3 is 0 Å². The van der Waals surface area contributed by atoms with Gasteiger partial charge in [-0.1, -0.05) is 198 Å². The highest BCUT2D eigenvalue weighted by Gasteiger charge is 2.37. The average molecular weight is 871 g/mol. The molecule has 0 radical (unpaired) electrons. The van der Waals surface area contributed by atoms with Gasteiger partial charge < -0.3 is 9.47 Å². The Labute approximate surface area is 399 Å². The number of hydrogen-bond donors (Lipinski definition) is 0. The van der Waals surface area contributed by atoms with Gasteiger partial charge in [0, 0.05) is 44.2 Å². The zero-order valence-electron chi connectivity index (χ0n) is 38.8. The Balaban J connectivity index is 1.09. The second-order valence-corrected chi connectivity index (χ2v) is 19.7. The summed E-state index contributed by atoms with van der Waals surface area (Å²) < 4.78 is 2.43. The molecule has 0 bridgehead atoms. The number of anilines is 3. The van der Waals surface area contributed by atoms with Crippen LogP contribution < -0.4 is 4.90 Å². The molecule has 2 nitrogen and oxygen atoms in total. The molecule has 1 aromatic heterocycles. The van der Waals surface area contributed by atoms with Gasteiger partial charge in [0.1, 0.15) is 0 Å². The van der Waals surface area contributed by atoms with Gasteiger partial charge in [-0.3, -0.25) is 0 Å². The molecule has 11 aromatic rings. The number of benzene rings is 10. The Morgan fingerprint density at radius 1 is 0.324 bits per heavy atom. The van der Waals surface area contributed by atoms with Gasteiger partial charge in [0.15, 0.2) is 0 Å². The first-order chi connectivity index (χ1) is 33.3. The molecule has 0 saturated carbocycles. The van der Waals surface area contributed by atoms with Crippen molar-refractivity contribution in [1.82, 2.24) is 4.57 Å². The molecule has 0 atom stereocenters. The monoisotopic (exact) mass is 870 g/mol. The molecule has 324 valence electrons. The average Bonchev–Trinajstić information content (AvgIpc) is 3.93. The quantitative estimate of drug-likeness (QED) is 0.155. The van der Waals surface area contributed by atoms with Crippen molar-refractivity contribution in [2.24, 2.45) is 0 Å². The summed E-state index contributed by atoms with van der Waals surface area (Å²) in [5.74, 6) is 0. The van der Waals surface area contributed by atoms with Crippen LogP contribution in [0.4, 0.5) is 17.1 Å². The van der Waals surface area contributed by atoms with E-state index in [-0.39, 0.29) is 10.8 Å². The fraction of sp³-hybridized carbons (Fsp3) is 0.0909. The molecule has 2 aliphatic carbocycles. The van der Waals surface area contributed by atoms with Crippen molar-refractivity contribution >= 4 is 38.9 Å². The van der Waals surface area contributed by atoms with Crippen LogP contribution in [0.3, 0.4) is 0 Å². The highest BCUT2D eigenvalue weighted by Crippen LogP contribution is 2.54. The highest BCUT2D eigenvalue weighted by atomic mass is 15.1. The van der Waals surface area contributed by atoms with E-state index in [1.807, 2.05) is 0 Å². The first-order valence-electron chi connectivity index (χ1n) is 23.9. The van der Waals surface area contributed by atoms with Gasteiger partial charge in [0.2, 0.25) is 0 Å². The van der Waals surface area contributed by atoms with E-state index in [1.54, 1.807) is 0 Å². The lowest BCUT2D eigenvalue weighted by Crippen LogP contribution is -2.17. The molecule has 0 unspecified atom stereocenters. The maximum Gasteiger partial charge on any atom is 0.0546 e. The van der Waals surface area contributed by atoms with Crippen LogP contribution in [0.5, 0.6) is 0 Å². The first kappa shape index (κ1) is 40.1. The Morgan fingerprint density at radius 2 is 0.868 bits per heavy atom. The third kappa shape index (κ3) is 6.03. The third-order valence-electron chi connectivity index (χ3n) is 15.2. The zero-order chi connectivity index (χ0) is 45.7. The summed E-state index contributed by atoms with van der Waals surface area (Å²) in [4.78, 5) is 2.52. The minimum Gasteiger partial charge on any atom is -0.310 e. The van der Waals surface area contributed by atoms with E-state index in [1.165, 1.54) is 94.1 Å². The molecule has 0 amide bonds. The molecule has 0 spiro atoms. The van der Waals surface area contributed by atoms with Crippen molar-refractivity contribution in [3.05, 3.63) is 253 Å². The molecule has 0 fully saturated rings. The van der Waals surface area contributed by atoms with E-state index < -0.39 is 0 Å². The topological polar surface area (TPSA) is 8.17 Å². The largest absolute Gasteiger partial charge is 0.310 e. The summed E-state index contributed by atoms with van der Waals surface area (Å²) in [6.07, 6.45) is 0. The molecule has 2 aliphatic rings. The van der Waals surface area contributed by atoms with Crippen LogP contribution in [0.25, 0.3) is 83.1 Å². The summed E-state index contributed by atoms with van der Waals surface area (Å²) in [6, 6.07) is 85.9. The van der Waals surface area contributed by atoms with E-state index in [4.69, 9.17) is 0 Å². The predicted molar refractivity (Wildman–Crippen MR) is 287 cm³/mol.